The van der Waals surface area contributed by atoms with E-state index in [-0.39, 0.29) is 0 Å². The van der Waals surface area contributed by atoms with Crippen molar-refractivity contribution >= 4 is 0 Å². The Hall–Kier alpha value is -1.67. The Morgan fingerprint density at radius 2 is 2.05 bits per heavy atom. The molecule has 1 aromatic carbocycles. The van der Waals surface area contributed by atoms with E-state index < -0.39 is 0 Å². The van der Waals surface area contributed by atoms with Crippen molar-refractivity contribution in [3.05, 3.63) is 65.5 Å². The van der Waals surface area contributed by atoms with Crippen molar-refractivity contribution in [2.75, 3.05) is 7.05 Å². The summed E-state index contributed by atoms with van der Waals surface area (Å²) in [5.41, 5.74) is 4.29. The third kappa shape index (κ3) is 2.75. The molecule has 1 saturated carbocycles. The topological polar surface area (TPSA) is 24.9 Å². The summed E-state index contributed by atoms with van der Waals surface area (Å²) in [5, 5.41) is 3.48. The number of pyridine rings is 1. The molecular weight excluding hydrogens is 244 g/mol. The lowest BCUT2D eigenvalue weighted by molar-refractivity contribution is 0.412. The Bertz CT molecular complexity index is 546. The monoisotopic (exact) mass is 266 g/mol. The molecule has 20 heavy (non-hydrogen) atoms. The molecule has 0 bridgehead atoms. The number of benzene rings is 1. The molecule has 104 valence electrons. The molecule has 1 unspecified atom stereocenters. The number of likely N-dealkylation sites (N-methyl/N-ethyl adjacent to an activating group) is 1. The van der Waals surface area contributed by atoms with E-state index in [1.165, 1.54) is 30.4 Å². The number of nitrogens with one attached hydrogen (secondary N) is 1. The second-order valence-electron chi connectivity index (χ2n) is 5.66. The van der Waals surface area contributed by atoms with Gasteiger partial charge in [0.1, 0.15) is 0 Å². The van der Waals surface area contributed by atoms with Crippen LogP contribution in [0, 0.1) is 0 Å². The van der Waals surface area contributed by atoms with Gasteiger partial charge in [-0.25, -0.2) is 0 Å². The van der Waals surface area contributed by atoms with Crippen molar-refractivity contribution in [3.8, 4) is 0 Å². The van der Waals surface area contributed by atoms with Gasteiger partial charge in [-0.2, -0.15) is 0 Å². The average molecular weight is 266 g/mol. The summed E-state index contributed by atoms with van der Waals surface area (Å²) in [7, 11) is 2.05. The summed E-state index contributed by atoms with van der Waals surface area (Å²) < 4.78 is 0. The van der Waals surface area contributed by atoms with Crippen LogP contribution in [0.25, 0.3) is 0 Å². The molecule has 1 atom stereocenters. The fourth-order valence-electron chi connectivity index (χ4n) is 3.04. The first kappa shape index (κ1) is 13.3. The molecule has 2 heteroatoms. The molecule has 1 aliphatic carbocycles. The molecule has 0 saturated heterocycles. The van der Waals surface area contributed by atoms with Gasteiger partial charge in [0.05, 0.1) is 0 Å². The maximum Gasteiger partial charge on any atom is 0.0361 e. The molecule has 1 N–H and O–H groups in total. The molecule has 0 radical (unpaired) electrons. The Morgan fingerprint density at radius 1 is 1.20 bits per heavy atom. The molecule has 1 aromatic heterocycles. The van der Waals surface area contributed by atoms with Crippen molar-refractivity contribution in [2.24, 2.45) is 0 Å². The third-order valence-corrected chi connectivity index (χ3v) is 4.43. The van der Waals surface area contributed by atoms with E-state index in [1.54, 1.807) is 5.56 Å². The number of hydrogen-bond acceptors (Lipinski definition) is 2. The molecule has 0 aliphatic heterocycles. The molecule has 1 heterocycles. The van der Waals surface area contributed by atoms with Gasteiger partial charge in [-0.1, -0.05) is 36.8 Å². The maximum absolute atomic E-state index is 4.22. The van der Waals surface area contributed by atoms with Gasteiger partial charge in [0.15, 0.2) is 0 Å². The van der Waals surface area contributed by atoms with Crippen LogP contribution in [0.4, 0.5) is 0 Å². The first-order valence-corrected chi connectivity index (χ1v) is 7.53. The van der Waals surface area contributed by atoms with Gasteiger partial charge in [0.25, 0.3) is 0 Å². The maximum atomic E-state index is 4.22. The van der Waals surface area contributed by atoms with E-state index in [0.29, 0.717) is 6.04 Å². The lowest BCUT2D eigenvalue weighted by Gasteiger charge is -2.30. The second kappa shape index (κ2) is 6.19. The molecule has 1 aliphatic rings. The summed E-state index contributed by atoms with van der Waals surface area (Å²) >= 11 is 0. The number of aromatic nitrogens is 1. The highest BCUT2D eigenvalue weighted by atomic mass is 14.9. The van der Waals surface area contributed by atoms with Gasteiger partial charge in [-0.05, 0) is 55.0 Å². The van der Waals surface area contributed by atoms with Crippen LogP contribution in [0.3, 0.4) is 0 Å². The Kier molecular flexibility index (Phi) is 4.12. The van der Waals surface area contributed by atoms with Gasteiger partial charge in [-0.15, -0.1) is 0 Å². The molecule has 0 amide bonds. The normalized spacial score (nSPS) is 16.6. The minimum absolute atomic E-state index is 0.371. The quantitative estimate of drug-likeness (QED) is 0.889. The van der Waals surface area contributed by atoms with Crippen molar-refractivity contribution in [2.45, 2.75) is 37.6 Å². The molecule has 0 spiro atoms. The predicted octanol–water partition coefficient (Wildman–Crippen LogP) is 3.85. The van der Waals surface area contributed by atoms with Crippen molar-refractivity contribution in [1.29, 1.82) is 0 Å². The molecule has 2 aromatic rings. The van der Waals surface area contributed by atoms with E-state index in [4.69, 9.17) is 0 Å². The molecule has 3 rings (SSSR count). The van der Waals surface area contributed by atoms with E-state index in [0.717, 1.165) is 12.3 Å². The highest BCUT2D eigenvalue weighted by Crippen LogP contribution is 2.39. The van der Waals surface area contributed by atoms with Gasteiger partial charge in [-0.3, -0.25) is 4.98 Å². The van der Waals surface area contributed by atoms with Crippen molar-refractivity contribution in [3.63, 3.8) is 0 Å². The fourth-order valence-corrected chi connectivity index (χ4v) is 3.04. The molecule has 2 nitrogen and oxygen atoms in total. The standard InChI is InChI=1S/C18H22N2/c1-19-18(12-14-6-5-11-20-13-14)17-10-3-2-9-16(17)15-7-4-8-15/h2-3,5-6,9-11,13,15,18-19H,4,7-8,12H2,1H3. The zero-order chi connectivity index (χ0) is 13.8. The number of hydrogen-bond donors (Lipinski definition) is 1. The Labute approximate surface area is 121 Å². The summed E-state index contributed by atoms with van der Waals surface area (Å²) in [6.45, 7) is 0. The summed E-state index contributed by atoms with van der Waals surface area (Å²) in [4.78, 5) is 4.22. The highest BCUT2D eigenvalue weighted by molar-refractivity contribution is 5.35. The Balaban J connectivity index is 1.85. The average Bonchev–Trinajstić information content (AvgIpc) is 2.45. The van der Waals surface area contributed by atoms with Crippen LogP contribution in [-0.4, -0.2) is 12.0 Å². The molecular formula is C18H22N2. The number of nitrogens with zero attached hydrogens (tertiary/aromatic N) is 1. The highest BCUT2D eigenvalue weighted by Gasteiger charge is 2.24. The fraction of sp³-hybridized carbons (Fsp3) is 0.389. The lowest BCUT2D eigenvalue weighted by atomic mass is 9.76. The first-order chi connectivity index (χ1) is 9.88. The van der Waals surface area contributed by atoms with Crippen LogP contribution in [0.1, 0.15) is 47.9 Å². The van der Waals surface area contributed by atoms with Gasteiger partial charge in [0, 0.05) is 18.4 Å². The van der Waals surface area contributed by atoms with Gasteiger partial charge >= 0.3 is 0 Å². The van der Waals surface area contributed by atoms with Crippen molar-refractivity contribution < 1.29 is 0 Å². The third-order valence-electron chi connectivity index (χ3n) is 4.43. The smallest absolute Gasteiger partial charge is 0.0361 e. The largest absolute Gasteiger partial charge is 0.313 e. The van der Waals surface area contributed by atoms with Crippen LogP contribution in [-0.2, 0) is 6.42 Å². The zero-order valence-electron chi connectivity index (χ0n) is 12.0. The molecule has 1 fully saturated rings. The second-order valence-corrected chi connectivity index (χ2v) is 5.66. The SMILES string of the molecule is CNC(Cc1cccnc1)c1ccccc1C1CCC1. The van der Waals surface area contributed by atoms with Crippen molar-refractivity contribution in [1.82, 2.24) is 10.3 Å². The van der Waals surface area contributed by atoms with Gasteiger partial charge in [0.2, 0.25) is 0 Å². The minimum atomic E-state index is 0.371. The van der Waals surface area contributed by atoms with E-state index >= 15 is 0 Å². The van der Waals surface area contributed by atoms with E-state index in [1.807, 2.05) is 18.5 Å². The first-order valence-electron chi connectivity index (χ1n) is 7.53. The van der Waals surface area contributed by atoms with Crippen LogP contribution in [0.2, 0.25) is 0 Å². The van der Waals surface area contributed by atoms with Crippen LogP contribution >= 0.6 is 0 Å². The predicted molar refractivity (Wildman–Crippen MR) is 82.8 cm³/mol. The summed E-state index contributed by atoms with van der Waals surface area (Å²) in [6, 6.07) is 13.5. The van der Waals surface area contributed by atoms with Crippen LogP contribution in [0.5, 0.6) is 0 Å². The van der Waals surface area contributed by atoms with Crippen LogP contribution in [0.15, 0.2) is 48.8 Å². The minimum Gasteiger partial charge on any atom is -0.313 e. The van der Waals surface area contributed by atoms with Crippen LogP contribution < -0.4 is 5.32 Å². The van der Waals surface area contributed by atoms with Gasteiger partial charge < -0.3 is 5.32 Å². The summed E-state index contributed by atoms with van der Waals surface area (Å²) in [6.07, 6.45) is 8.87. The lowest BCUT2D eigenvalue weighted by Crippen LogP contribution is -2.22. The van der Waals surface area contributed by atoms with E-state index in [9.17, 15) is 0 Å². The Morgan fingerprint density at radius 3 is 2.70 bits per heavy atom. The van der Waals surface area contributed by atoms with E-state index in [2.05, 4.69) is 47.7 Å². The summed E-state index contributed by atoms with van der Waals surface area (Å²) in [5.74, 6) is 0.774. The number of rotatable bonds is 5. The zero-order valence-corrected chi connectivity index (χ0v) is 12.0.